The molecule has 1 aromatic carbocycles. The van der Waals surface area contributed by atoms with Crippen LogP contribution in [0.5, 0.6) is 0 Å². The molecular formula is C19H24N2O2. The highest BCUT2D eigenvalue weighted by molar-refractivity contribution is 5.89. The zero-order valence-corrected chi connectivity index (χ0v) is 13.7. The Hall–Kier alpha value is -2.07. The predicted octanol–water partition coefficient (Wildman–Crippen LogP) is 3.31. The van der Waals surface area contributed by atoms with Crippen LogP contribution in [-0.4, -0.2) is 41.7 Å². The molecule has 2 aromatic rings. The summed E-state index contributed by atoms with van der Waals surface area (Å²) >= 11 is 0. The van der Waals surface area contributed by atoms with Crippen LogP contribution < -0.4 is 0 Å². The van der Waals surface area contributed by atoms with Gasteiger partial charge in [-0.2, -0.15) is 0 Å². The summed E-state index contributed by atoms with van der Waals surface area (Å²) in [4.78, 5) is 13.9. The third-order valence-electron chi connectivity index (χ3n) is 4.35. The number of fused-ring (bicyclic) bond motifs is 1. The number of carbonyl (C=O) groups is 1. The van der Waals surface area contributed by atoms with Gasteiger partial charge in [-0.15, -0.1) is 0 Å². The second kappa shape index (κ2) is 7.47. The van der Waals surface area contributed by atoms with Crippen molar-refractivity contribution in [1.29, 1.82) is 0 Å². The summed E-state index contributed by atoms with van der Waals surface area (Å²) in [5.74, 6) is -0.296. The van der Waals surface area contributed by atoms with Gasteiger partial charge in [0.25, 0.3) is 0 Å². The lowest BCUT2D eigenvalue weighted by Gasteiger charge is -2.15. The van der Waals surface area contributed by atoms with Gasteiger partial charge in [-0.3, -0.25) is 0 Å². The summed E-state index contributed by atoms with van der Waals surface area (Å²) in [5.41, 5.74) is 2.26. The van der Waals surface area contributed by atoms with Crippen LogP contribution in [0, 0.1) is 0 Å². The van der Waals surface area contributed by atoms with E-state index in [0.717, 1.165) is 18.7 Å². The Morgan fingerprint density at radius 2 is 2.04 bits per heavy atom. The maximum atomic E-state index is 11.4. The van der Waals surface area contributed by atoms with E-state index in [1.54, 1.807) is 6.08 Å². The summed E-state index contributed by atoms with van der Waals surface area (Å²) in [5, 5.41) is 1.21. The maximum Gasteiger partial charge on any atom is 0.330 e. The van der Waals surface area contributed by atoms with Crippen molar-refractivity contribution in [1.82, 2.24) is 9.47 Å². The minimum atomic E-state index is -0.296. The number of rotatable bonds is 6. The number of ether oxygens (including phenoxy) is 1. The van der Waals surface area contributed by atoms with Gasteiger partial charge in [-0.1, -0.05) is 6.07 Å². The van der Waals surface area contributed by atoms with E-state index in [0.29, 0.717) is 6.61 Å². The van der Waals surface area contributed by atoms with E-state index in [-0.39, 0.29) is 5.97 Å². The molecule has 4 heteroatoms. The lowest BCUT2D eigenvalue weighted by atomic mass is 10.1. The molecule has 1 aromatic heterocycles. The van der Waals surface area contributed by atoms with Crippen LogP contribution in [0.25, 0.3) is 17.0 Å². The average Bonchev–Trinajstić information content (AvgIpc) is 3.20. The molecule has 1 saturated heterocycles. The number of esters is 1. The van der Waals surface area contributed by atoms with Crippen molar-refractivity contribution in [2.75, 3.05) is 26.2 Å². The monoisotopic (exact) mass is 312 g/mol. The molecule has 3 rings (SSSR count). The standard InChI is InChI=1S/C19H24N2O2/c1-2-23-19(22)8-6-16-5-7-18-17(15-16)9-12-21(18)14-13-20-10-3-4-11-20/h5-9,12,15H,2-4,10-11,13-14H2,1H3. The summed E-state index contributed by atoms with van der Waals surface area (Å²) in [7, 11) is 0. The number of likely N-dealkylation sites (tertiary alicyclic amines) is 1. The molecule has 1 aliphatic rings. The van der Waals surface area contributed by atoms with Crippen LogP contribution >= 0.6 is 0 Å². The van der Waals surface area contributed by atoms with Crippen molar-refractivity contribution in [2.24, 2.45) is 0 Å². The molecular weight excluding hydrogens is 288 g/mol. The Labute approximate surface area is 137 Å². The van der Waals surface area contributed by atoms with E-state index >= 15 is 0 Å². The predicted molar refractivity (Wildman–Crippen MR) is 93.3 cm³/mol. The van der Waals surface area contributed by atoms with E-state index in [9.17, 15) is 4.79 Å². The van der Waals surface area contributed by atoms with E-state index < -0.39 is 0 Å². The lowest BCUT2D eigenvalue weighted by Crippen LogP contribution is -2.23. The van der Waals surface area contributed by atoms with Gasteiger partial charge in [0, 0.05) is 36.3 Å². The van der Waals surface area contributed by atoms with Gasteiger partial charge in [-0.05, 0) is 62.7 Å². The van der Waals surface area contributed by atoms with E-state index in [4.69, 9.17) is 4.74 Å². The number of nitrogens with zero attached hydrogens (tertiary/aromatic N) is 2. The molecule has 4 nitrogen and oxygen atoms in total. The molecule has 0 atom stereocenters. The third kappa shape index (κ3) is 4.02. The molecule has 0 aliphatic carbocycles. The molecule has 0 amide bonds. The maximum absolute atomic E-state index is 11.4. The molecule has 0 saturated carbocycles. The Morgan fingerprint density at radius 3 is 2.83 bits per heavy atom. The lowest BCUT2D eigenvalue weighted by molar-refractivity contribution is -0.137. The Balaban J connectivity index is 1.68. The van der Waals surface area contributed by atoms with E-state index in [1.807, 2.05) is 13.0 Å². The Kier molecular flexibility index (Phi) is 5.13. The van der Waals surface area contributed by atoms with Crippen LogP contribution in [0.1, 0.15) is 25.3 Å². The fourth-order valence-corrected chi connectivity index (χ4v) is 3.13. The van der Waals surface area contributed by atoms with Gasteiger partial charge in [0.05, 0.1) is 6.61 Å². The van der Waals surface area contributed by atoms with Crippen LogP contribution in [0.2, 0.25) is 0 Å². The Bertz CT molecular complexity index is 696. The van der Waals surface area contributed by atoms with Crippen molar-refractivity contribution in [3.05, 3.63) is 42.1 Å². The van der Waals surface area contributed by atoms with Crippen molar-refractivity contribution in [3.63, 3.8) is 0 Å². The quantitative estimate of drug-likeness (QED) is 0.606. The molecule has 0 radical (unpaired) electrons. The fourth-order valence-electron chi connectivity index (χ4n) is 3.13. The SMILES string of the molecule is CCOC(=O)C=Cc1ccc2c(ccn2CCN2CCCC2)c1. The molecule has 0 unspecified atom stereocenters. The summed E-state index contributed by atoms with van der Waals surface area (Å²) < 4.78 is 7.21. The van der Waals surface area contributed by atoms with Gasteiger partial charge in [-0.25, -0.2) is 4.79 Å². The molecule has 2 heterocycles. The van der Waals surface area contributed by atoms with Crippen molar-refractivity contribution in [2.45, 2.75) is 26.3 Å². The highest BCUT2D eigenvalue weighted by atomic mass is 16.5. The largest absolute Gasteiger partial charge is 0.463 e. The van der Waals surface area contributed by atoms with Gasteiger partial charge in [0.2, 0.25) is 0 Å². The number of hydrogen-bond donors (Lipinski definition) is 0. The van der Waals surface area contributed by atoms with Crippen molar-refractivity contribution >= 4 is 22.9 Å². The Morgan fingerprint density at radius 1 is 1.22 bits per heavy atom. The number of hydrogen-bond acceptors (Lipinski definition) is 3. The van der Waals surface area contributed by atoms with Gasteiger partial charge in [0.1, 0.15) is 0 Å². The van der Waals surface area contributed by atoms with Gasteiger partial charge in [0.15, 0.2) is 0 Å². The van der Waals surface area contributed by atoms with Crippen LogP contribution in [-0.2, 0) is 16.1 Å². The first-order valence-electron chi connectivity index (χ1n) is 8.42. The fraction of sp³-hybridized carbons (Fsp3) is 0.421. The normalized spacial score (nSPS) is 15.7. The number of benzene rings is 1. The van der Waals surface area contributed by atoms with Crippen LogP contribution in [0.3, 0.4) is 0 Å². The smallest absolute Gasteiger partial charge is 0.330 e. The first kappa shape index (κ1) is 15.8. The number of carbonyl (C=O) groups excluding carboxylic acids is 1. The minimum absolute atomic E-state index is 0.296. The van der Waals surface area contributed by atoms with Crippen molar-refractivity contribution in [3.8, 4) is 0 Å². The molecule has 23 heavy (non-hydrogen) atoms. The first-order chi connectivity index (χ1) is 11.3. The molecule has 122 valence electrons. The summed E-state index contributed by atoms with van der Waals surface area (Å²) in [6, 6.07) is 8.42. The van der Waals surface area contributed by atoms with Crippen LogP contribution in [0.15, 0.2) is 36.5 Å². The zero-order chi connectivity index (χ0) is 16.1. The molecule has 1 fully saturated rings. The highest BCUT2D eigenvalue weighted by Crippen LogP contribution is 2.19. The second-order valence-electron chi connectivity index (χ2n) is 5.96. The topological polar surface area (TPSA) is 34.5 Å². The first-order valence-corrected chi connectivity index (χ1v) is 8.42. The van der Waals surface area contributed by atoms with E-state index in [1.165, 1.54) is 42.9 Å². The second-order valence-corrected chi connectivity index (χ2v) is 5.96. The average molecular weight is 312 g/mol. The molecule has 0 spiro atoms. The molecule has 0 bridgehead atoms. The van der Waals surface area contributed by atoms with Gasteiger partial charge >= 0.3 is 5.97 Å². The highest BCUT2D eigenvalue weighted by Gasteiger charge is 2.11. The number of aromatic nitrogens is 1. The van der Waals surface area contributed by atoms with Crippen LogP contribution in [0.4, 0.5) is 0 Å². The molecule has 1 aliphatic heterocycles. The minimum Gasteiger partial charge on any atom is -0.463 e. The third-order valence-corrected chi connectivity index (χ3v) is 4.35. The zero-order valence-electron chi connectivity index (χ0n) is 13.7. The van der Waals surface area contributed by atoms with Crippen molar-refractivity contribution < 1.29 is 9.53 Å². The molecule has 0 N–H and O–H groups in total. The van der Waals surface area contributed by atoms with E-state index in [2.05, 4.69) is 33.9 Å². The van der Waals surface area contributed by atoms with Gasteiger partial charge < -0.3 is 14.2 Å². The summed E-state index contributed by atoms with van der Waals surface area (Å²) in [6.45, 7) is 6.84. The summed E-state index contributed by atoms with van der Waals surface area (Å²) in [6.07, 6.45) is 8.11.